The van der Waals surface area contributed by atoms with Crippen LogP contribution < -0.4 is 4.74 Å². The van der Waals surface area contributed by atoms with Gasteiger partial charge in [-0.3, -0.25) is 9.89 Å². The third-order valence-corrected chi connectivity index (χ3v) is 3.08. The van der Waals surface area contributed by atoms with Gasteiger partial charge in [0, 0.05) is 0 Å². The van der Waals surface area contributed by atoms with Crippen molar-refractivity contribution in [3.05, 3.63) is 18.2 Å². The summed E-state index contributed by atoms with van der Waals surface area (Å²) < 4.78 is 5.10. The SMILES string of the molecule is COc1c(O)cccc1-c1nc(SCC(=O)O)n[nH]1. The number of phenols is 1. The number of ether oxygens (including phenoxy) is 1. The Morgan fingerprint density at radius 3 is 3.00 bits per heavy atom. The maximum Gasteiger partial charge on any atom is 0.313 e. The van der Waals surface area contributed by atoms with E-state index in [1.165, 1.54) is 13.2 Å². The third-order valence-electron chi connectivity index (χ3n) is 2.24. The van der Waals surface area contributed by atoms with Crippen LogP contribution in [0, 0.1) is 0 Å². The molecule has 19 heavy (non-hydrogen) atoms. The first-order chi connectivity index (χ1) is 9.11. The van der Waals surface area contributed by atoms with Crippen LogP contribution in [0.4, 0.5) is 0 Å². The highest BCUT2D eigenvalue weighted by molar-refractivity contribution is 7.99. The Morgan fingerprint density at radius 1 is 1.53 bits per heavy atom. The van der Waals surface area contributed by atoms with Crippen molar-refractivity contribution in [2.45, 2.75) is 5.16 Å². The molecule has 0 amide bonds. The van der Waals surface area contributed by atoms with Gasteiger partial charge in [0.25, 0.3) is 0 Å². The lowest BCUT2D eigenvalue weighted by Crippen LogP contribution is -1.97. The van der Waals surface area contributed by atoms with E-state index in [9.17, 15) is 9.90 Å². The van der Waals surface area contributed by atoms with Crippen molar-refractivity contribution in [3.8, 4) is 22.9 Å². The molecule has 0 saturated heterocycles. The number of carboxylic acid groups (broad SMARTS) is 1. The summed E-state index contributed by atoms with van der Waals surface area (Å²) >= 11 is 1.01. The molecule has 3 N–H and O–H groups in total. The summed E-state index contributed by atoms with van der Waals surface area (Å²) in [6.07, 6.45) is 0. The van der Waals surface area contributed by atoms with Gasteiger partial charge < -0.3 is 14.9 Å². The van der Waals surface area contributed by atoms with Crippen molar-refractivity contribution in [2.24, 2.45) is 0 Å². The highest BCUT2D eigenvalue weighted by Gasteiger charge is 2.14. The van der Waals surface area contributed by atoms with Gasteiger partial charge in [0.15, 0.2) is 17.3 Å². The predicted octanol–water partition coefficient (Wildman–Crippen LogP) is 1.36. The molecule has 7 nitrogen and oxygen atoms in total. The Labute approximate surface area is 112 Å². The van der Waals surface area contributed by atoms with Crippen LogP contribution in [0.2, 0.25) is 0 Å². The van der Waals surface area contributed by atoms with E-state index in [4.69, 9.17) is 9.84 Å². The molecule has 8 heteroatoms. The number of benzene rings is 1. The molecule has 0 aliphatic heterocycles. The minimum Gasteiger partial charge on any atom is -0.504 e. The number of H-pyrrole nitrogens is 1. The van der Waals surface area contributed by atoms with E-state index in [0.717, 1.165) is 11.8 Å². The average molecular weight is 281 g/mol. The molecule has 1 heterocycles. The number of aromatic amines is 1. The number of hydrogen-bond donors (Lipinski definition) is 3. The lowest BCUT2D eigenvalue weighted by Gasteiger charge is -2.06. The summed E-state index contributed by atoms with van der Waals surface area (Å²) in [5.41, 5.74) is 0.553. The average Bonchev–Trinajstić information content (AvgIpc) is 2.84. The van der Waals surface area contributed by atoms with Crippen molar-refractivity contribution in [1.29, 1.82) is 0 Å². The maximum absolute atomic E-state index is 10.5. The lowest BCUT2D eigenvalue weighted by molar-refractivity contribution is -0.133. The summed E-state index contributed by atoms with van der Waals surface area (Å²) in [6.45, 7) is 0. The fourth-order valence-electron chi connectivity index (χ4n) is 1.48. The Balaban J connectivity index is 2.28. The number of aromatic hydroxyl groups is 1. The summed E-state index contributed by atoms with van der Waals surface area (Å²) in [5, 5.41) is 25.1. The number of aliphatic carboxylic acids is 1. The molecular formula is C11H11N3O4S. The number of nitrogens with one attached hydrogen (secondary N) is 1. The van der Waals surface area contributed by atoms with Crippen LogP contribution in [-0.2, 0) is 4.79 Å². The number of carbonyl (C=O) groups is 1. The minimum absolute atomic E-state index is 0.00357. The van der Waals surface area contributed by atoms with Gasteiger partial charge in [-0.25, -0.2) is 4.98 Å². The molecule has 0 fully saturated rings. The van der Waals surface area contributed by atoms with Gasteiger partial charge in [-0.05, 0) is 12.1 Å². The summed E-state index contributed by atoms with van der Waals surface area (Å²) in [6, 6.07) is 4.86. The number of para-hydroxylation sites is 1. The first-order valence-corrected chi connectivity index (χ1v) is 6.23. The van der Waals surface area contributed by atoms with Crippen LogP contribution in [-0.4, -0.2) is 44.2 Å². The maximum atomic E-state index is 10.5. The minimum atomic E-state index is -0.939. The third kappa shape index (κ3) is 2.97. The molecule has 1 aromatic heterocycles. The van der Waals surface area contributed by atoms with E-state index in [1.807, 2.05) is 0 Å². The largest absolute Gasteiger partial charge is 0.504 e. The van der Waals surface area contributed by atoms with Crippen LogP contribution in [0.15, 0.2) is 23.4 Å². The molecule has 0 atom stereocenters. The highest BCUT2D eigenvalue weighted by atomic mass is 32.2. The van der Waals surface area contributed by atoms with E-state index < -0.39 is 5.97 Å². The van der Waals surface area contributed by atoms with Crippen molar-refractivity contribution >= 4 is 17.7 Å². The second-order valence-corrected chi connectivity index (χ2v) is 4.45. The molecule has 0 radical (unpaired) electrons. The topological polar surface area (TPSA) is 108 Å². The van der Waals surface area contributed by atoms with Crippen LogP contribution in [0.3, 0.4) is 0 Å². The molecule has 100 valence electrons. The molecule has 0 spiro atoms. The fourth-order valence-corrected chi connectivity index (χ4v) is 2.00. The Bertz CT molecular complexity index is 599. The molecule has 0 aliphatic rings. The molecule has 0 bridgehead atoms. The van der Waals surface area contributed by atoms with Gasteiger partial charge in [0.05, 0.1) is 18.4 Å². The van der Waals surface area contributed by atoms with Crippen LogP contribution in [0.5, 0.6) is 11.5 Å². The van der Waals surface area contributed by atoms with Crippen molar-refractivity contribution < 1.29 is 19.7 Å². The van der Waals surface area contributed by atoms with E-state index in [-0.39, 0.29) is 17.3 Å². The number of methoxy groups -OCH3 is 1. The molecule has 0 unspecified atom stereocenters. The Morgan fingerprint density at radius 2 is 2.32 bits per heavy atom. The number of thioether (sulfide) groups is 1. The molecule has 0 aliphatic carbocycles. The zero-order valence-electron chi connectivity index (χ0n) is 9.95. The standard InChI is InChI=1S/C11H11N3O4S/c1-18-9-6(3-2-4-7(9)15)10-12-11(14-13-10)19-5-8(16)17/h2-4,15H,5H2,1H3,(H,16,17)(H,12,13,14). The number of phenolic OH excluding ortho intramolecular Hbond substituents is 1. The van der Waals surface area contributed by atoms with Crippen LogP contribution in [0.25, 0.3) is 11.4 Å². The van der Waals surface area contributed by atoms with Gasteiger partial charge in [-0.1, -0.05) is 17.8 Å². The Hall–Kier alpha value is -2.22. The van der Waals surface area contributed by atoms with E-state index in [2.05, 4.69) is 15.2 Å². The van der Waals surface area contributed by atoms with Gasteiger partial charge >= 0.3 is 5.97 Å². The number of aromatic nitrogens is 3. The first kappa shape index (κ1) is 13.2. The van der Waals surface area contributed by atoms with Crippen LogP contribution in [0.1, 0.15) is 0 Å². The van der Waals surface area contributed by atoms with Gasteiger partial charge in [0.1, 0.15) is 0 Å². The predicted molar refractivity (Wildman–Crippen MR) is 68.4 cm³/mol. The van der Waals surface area contributed by atoms with Crippen molar-refractivity contribution in [1.82, 2.24) is 15.2 Å². The van der Waals surface area contributed by atoms with Crippen LogP contribution >= 0.6 is 11.8 Å². The molecule has 2 aromatic rings. The zero-order valence-corrected chi connectivity index (χ0v) is 10.8. The van der Waals surface area contributed by atoms with E-state index in [1.54, 1.807) is 12.1 Å². The van der Waals surface area contributed by atoms with Gasteiger partial charge in [0.2, 0.25) is 5.16 Å². The zero-order chi connectivity index (χ0) is 13.8. The highest BCUT2D eigenvalue weighted by Crippen LogP contribution is 2.35. The van der Waals surface area contributed by atoms with E-state index in [0.29, 0.717) is 16.5 Å². The summed E-state index contributed by atoms with van der Waals surface area (Å²) in [5.74, 6) is -0.370. The first-order valence-electron chi connectivity index (χ1n) is 5.25. The molecule has 0 saturated carbocycles. The monoisotopic (exact) mass is 281 g/mol. The Kier molecular flexibility index (Phi) is 3.91. The summed E-state index contributed by atoms with van der Waals surface area (Å²) in [7, 11) is 1.44. The normalized spacial score (nSPS) is 10.4. The smallest absolute Gasteiger partial charge is 0.313 e. The molecule has 2 rings (SSSR count). The van der Waals surface area contributed by atoms with Gasteiger partial charge in [-0.2, -0.15) is 0 Å². The quantitative estimate of drug-likeness (QED) is 0.710. The number of carboxylic acids is 1. The van der Waals surface area contributed by atoms with Gasteiger partial charge in [-0.15, -0.1) is 5.10 Å². The molecular weight excluding hydrogens is 270 g/mol. The number of hydrogen-bond acceptors (Lipinski definition) is 6. The second kappa shape index (κ2) is 5.61. The van der Waals surface area contributed by atoms with Crippen molar-refractivity contribution in [2.75, 3.05) is 12.9 Å². The number of rotatable bonds is 5. The van der Waals surface area contributed by atoms with E-state index >= 15 is 0 Å². The summed E-state index contributed by atoms with van der Waals surface area (Å²) in [4.78, 5) is 14.6. The fraction of sp³-hybridized carbons (Fsp3) is 0.182. The van der Waals surface area contributed by atoms with Crippen molar-refractivity contribution in [3.63, 3.8) is 0 Å². The second-order valence-electron chi connectivity index (χ2n) is 3.51. The molecule has 1 aromatic carbocycles. The lowest BCUT2D eigenvalue weighted by atomic mass is 10.2. The number of nitrogens with zero attached hydrogens (tertiary/aromatic N) is 2.